The van der Waals surface area contributed by atoms with Crippen LogP contribution in [0.1, 0.15) is 10.9 Å². The Morgan fingerprint density at radius 1 is 1.09 bits per heavy atom. The van der Waals surface area contributed by atoms with E-state index in [1.165, 1.54) is 0 Å². The molecule has 0 spiro atoms. The third-order valence-corrected chi connectivity index (χ3v) is 5.13. The zero-order chi connectivity index (χ0) is 15.7. The summed E-state index contributed by atoms with van der Waals surface area (Å²) in [6.45, 7) is 0. The Bertz CT molecular complexity index is 670. The maximum Gasteiger partial charge on any atom is 0.238 e. The molecule has 114 valence electrons. The summed E-state index contributed by atoms with van der Waals surface area (Å²) in [6, 6.07) is 15.8. The third kappa shape index (κ3) is 2.94. The molecule has 5 heteroatoms. The largest absolute Gasteiger partial charge is 0.378 e. The van der Waals surface area contributed by atoms with E-state index >= 15 is 0 Å². The van der Waals surface area contributed by atoms with Gasteiger partial charge in [-0.15, -0.1) is 11.8 Å². The average Bonchev–Trinajstić information content (AvgIpc) is 2.90. The van der Waals surface area contributed by atoms with Crippen LogP contribution in [0.2, 0.25) is 5.02 Å². The number of halogens is 1. The molecule has 0 aliphatic carbocycles. The Balaban J connectivity index is 1.91. The van der Waals surface area contributed by atoms with Crippen LogP contribution < -0.4 is 9.80 Å². The van der Waals surface area contributed by atoms with E-state index in [1.54, 1.807) is 11.8 Å². The lowest BCUT2D eigenvalue weighted by molar-refractivity contribution is -0.115. The predicted molar refractivity (Wildman–Crippen MR) is 94.9 cm³/mol. The van der Waals surface area contributed by atoms with Crippen molar-refractivity contribution >= 4 is 40.6 Å². The number of benzene rings is 2. The van der Waals surface area contributed by atoms with Gasteiger partial charge in [-0.1, -0.05) is 23.7 Å². The minimum Gasteiger partial charge on any atom is -0.378 e. The number of thioether (sulfide) groups is 1. The van der Waals surface area contributed by atoms with Crippen LogP contribution in [0.5, 0.6) is 0 Å². The number of nitrogens with zero attached hydrogens (tertiary/aromatic N) is 2. The molecule has 1 atom stereocenters. The number of hydrogen-bond donors (Lipinski definition) is 0. The lowest BCUT2D eigenvalue weighted by Gasteiger charge is -2.25. The van der Waals surface area contributed by atoms with Crippen molar-refractivity contribution in [1.82, 2.24) is 0 Å². The first-order valence-electron chi connectivity index (χ1n) is 7.03. The quantitative estimate of drug-likeness (QED) is 0.842. The monoisotopic (exact) mass is 332 g/mol. The van der Waals surface area contributed by atoms with Crippen molar-refractivity contribution in [2.75, 3.05) is 29.6 Å². The second kappa shape index (κ2) is 6.23. The lowest BCUT2D eigenvalue weighted by Crippen LogP contribution is -2.27. The second-order valence-electron chi connectivity index (χ2n) is 5.39. The molecular formula is C17H17ClN2OS. The number of hydrogen-bond acceptors (Lipinski definition) is 3. The Morgan fingerprint density at radius 2 is 1.73 bits per heavy atom. The molecule has 2 aromatic rings. The van der Waals surface area contributed by atoms with Gasteiger partial charge in [0.2, 0.25) is 5.91 Å². The summed E-state index contributed by atoms with van der Waals surface area (Å²) in [7, 11) is 4.03. The van der Waals surface area contributed by atoms with Crippen LogP contribution in [-0.2, 0) is 4.79 Å². The molecular weight excluding hydrogens is 316 g/mol. The van der Waals surface area contributed by atoms with E-state index in [9.17, 15) is 4.79 Å². The first-order chi connectivity index (χ1) is 10.6. The van der Waals surface area contributed by atoms with Gasteiger partial charge in [-0.3, -0.25) is 9.69 Å². The number of carbonyl (C=O) groups is 1. The summed E-state index contributed by atoms with van der Waals surface area (Å²) in [6.07, 6.45) is 0. The molecule has 1 aliphatic heterocycles. The van der Waals surface area contributed by atoms with Gasteiger partial charge in [0.1, 0.15) is 5.37 Å². The van der Waals surface area contributed by atoms with Gasteiger partial charge in [0.25, 0.3) is 0 Å². The van der Waals surface area contributed by atoms with E-state index in [0.717, 1.165) is 16.9 Å². The van der Waals surface area contributed by atoms with E-state index < -0.39 is 0 Å². The van der Waals surface area contributed by atoms with Crippen LogP contribution in [0.15, 0.2) is 48.5 Å². The van der Waals surface area contributed by atoms with E-state index in [0.29, 0.717) is 10.8 Å². The standard InChI is InChI=1S/C17H17ClN2OS/c1-19(2)14-7-3-12(4-8-14)17-20(16(21)11-22-17)15-9-5-13(18)6-10-15/h3-10,17H,11H2,1-2H3/t17-/m1/s1. The molecule has 1 fully saturated rings. The van der Waals surface area contributed by atoms with Gasteiger partial charge >= 0.3 is 0 Å². The van der Waals surface area contributed by atoms with Gasteiger partial charge in [-0.25, -0.2) is 0 Å². The number of carbonyl (C=O) groups excluding carboxylic acids is 1. The van der Waals surface area contributed by atoms with Gasteiger partial charge < -0.3 is 4.90 Å². The molecule has 0 radical (unpaired) electrons. The first-order valence-corrected chi connectivity index (χ1v) is 8.45. The van der Waals surface area contributed by atoms with E-state index in [4.69, 9.17) is 11.6 Å². The van der Waals surface area contributed by atoms with E-state index in [-0.39, 0.29) is 11.3 Å². The van der Waals surface area contributed by atoms with Crippen molar-refractivity contribution in [3.8, 4) is 0 Å². The van der Waals surface area contributed by atoms with Crippen LogP contribution in [-0.4, -0.2) is 25.8 Å². The molecule has 1 amide bonds. The summed E-state index contributed by atoms with van der Waals surface area (Å²) < 4.78 is 0. The van der Waals surface area contributed by atoms with Gasteiger partial charge in [0, 0.05) is 30.5 Å². The molecule has 1 saturated heterocycles. The molecule has 1 aliphatic rings. The molecule has 3 rings (SSSR count). The summed E-state index contributed by atoms with van der Waals surface area (Å²) in [4.78, 5) is 16.2. The van der Waals surface area contributed by atoms with Gasteiger partial charge in [0.05, 0.1) is 5.75 Å². The molecule has 0 bridgehead atoms. The first kappa shape index (κ1) is 15.3. The smallest absolute Gasteiger partial charge is 0.238 e. The maximum atomic E-state index is 12.3. The summed E-state index contributed by atoms with van der Waals surface area (Å²) in [5, 5.41) is 0.694. The van der Waals surface area contributed by atoms with Crippen molar-refractivity contribution in [2.24, 2.45) is 0 Å². The Morgan fingerprint density at radius 3 is 2.32 bits per heavy atom. The molecule has 2 aromatic carbocycles. The zero-order valence-electron chi connectivity index (χ0n) is 12.5. The van der Waals surface area contributed by atoms with Crippen LogP contribution in [0, 0.1) is 0 Å². The van der Waals surface area contributed by atoms with Crippen molar-refractivity contribution in [2.45, 2.75) is 5.37 Å². The summed E-state index contributed by atoms with van der Waals surface area (Å²) in [5.74, 6) is 0.636. The molecule has 0 aromatic heterocycles. The van der Waals surface area contributed by atoms with Gasteiger partial charge in [-0.2, -0.15) is 0 Å². The highest BCUT2D eigenvalue weighted by atomic mass is 35.5. The Labute approximate surface area is 139 Å². The summed E-state index contributed by atoms with van der Waals surface area (Å²) >= 11 is 7.60. The zero-order valence-corrected chi connectivity index (χ0v) is 14.1. The van der Waals surface area contributed by atoms with Gasteiger partial charge in [-0.05, 0) is 42.0 Å². The molecule has 0 unspecified atom stereocenters. The fourth-order valence-electron chi connectivity index (χ4n) is 2.49. The highest BCUT2D eigenvalue weighted by Crippen LogP contribution is 2.42. The molecule has 0 saturated carbocycles. The molecule has 0 N–H and O–H groups in total. The maximum absolute atomic E-state index is 12.3. The fraction of sp³-hybridized carbons (Fsp3) is 0.235. The lowest BCUT2D eigenvalue weighted by atomic mass is 10.1. The van der Waals surface area contributed by atoms with Crippen molar-refractivity contribution in [3.05, 3.63) is 59.1 Å². The highest BCUT2D eigenvalue weighted by Gasteiger charge is 2.33. The molecule has 1 heterocycles. The normalized spacial score (nSPS) is 17.9. The minimum absolute atomic E-state index is 0.0184. The van der Waals surface area contributed by atoms with Crippen LogP contribution in [0.4, 0.5) is 11.4 Å². The topological polar surface area (TPSA) is 23.6 Å². The fourth-order valence-corrected chi connectivity index (χ4v) is 3.79. The van der Waals surface area contributed by atoms with Crippen LogP contribution in [0.25, 0.3) is 0 Å². The van der Waals surface area contributed by atoms with Crippen molar-refractivity contribution in [1.29, 1.82) is 0 Å². The molecule has 22 heavy (non-hydrogen) atoms. The Kier molecular flexibility index (Phi) is 4.32. The number of amides is 1. The molecule has 3 nitrogen and oxygen atoms in total. The van der Waals surface area contributed by atoms with Gasteiger partial charge in [0.15, 0.2) is 0 Å². The van der Waals surface area contributed by atoms with E-state index in [2.05, 4.69) is 29.2 Å². The van der Waals surface area contributed by atoms with Crippen molar-refractivity contribution in [3.63, 3.8) is 0 Å². The van der Waals surface area contributed by atoms with Crippen molar-refractivity contribution < 1.29 is 4.79 Å². The average molecular weight is 333 g/mol. The number of rotatable bonds is 3. The Hall–Kier alpha value is -1.65. The SMILES string of the molecule is CN(C)c1ccc([C@H]2SCC(=O)N2c2ccc(Cl)cc2)cc1. The number of anilines is 2. The minimum atomic E-state index is 0.0184. The predicted octanol–water partition coefficient (Wildman–Crippen LogP) is 4.18. The second-order valence-corrected chi connectivity index (χ2v) is 6.89. The van der Waals surface area contributed by atoms with Crippen LogP contribution in [0.3, 0.4) is 0 Å². The summed E-state index contributed by atoms with van der Waals surface area (Å²) in [5.41, 5.74) is 3.17. The highest BCUT2D eigenvalue weighted by molar-refractivity contribution is 8.00. The van der Waals surface area contributed by atoms with Crippen LogP contribution >= 0.6 is 23.4 Å². The third-order valence-electron chi connectivity index (χ3n) is 3.67. The van der Waals surface area contributed by atoms with E-state index in [1.807, 2.05) is 43.3 Å².